The maximum Gasteiger partial charge on any atom is 0.0395 e. The van der Waals surface area contributed by atoms with Crippen molar-refractivity contribution in [1.29, 1.82) is 0 Å². The Morgan fingerprint density at radius 1 is 1.25 bits per heavy atom. The number of aliphatic imine (C=N–C) groups is 1. The predicted octanol–water partition coefficient (Wildman–Crippen LogP) is 3.88. The molecule has 0 bridgehead atoms. The molecule has 16 heavy (non-hydrogen) atoms. The number of nitrogens with zero attached hydrogens (tertiary/aromatic N) is 1. The molecule has 0 saturated carbocycles. The van der Waals surface area contributed by atoms with Crippen molar-refractivity contribution in [3.05, 3.63) is 35.9 Å². The van der Waals surface area contributed by atoms with Crippen LogP contribution < -0.4 is 0 Å². The summed E-state index contributed by atoms with van der Waals surface area (Å²) in [5.41, 5.74) is 2.85. The number of rotatable bonds is 5. The van der Waals surface area contributed by atoms with Crippen LogP contribution in [0.15, 0.2) is 35.3 Å². The average molecular weight is 215 g/mol. The smallest absolute Gasteiger partial charge is 0.0395 e. The van der Waals surface area contributed by atoms with Gasteiger partial charge in [0.1, 0.15) is 0 Å². The molecule has 1 aromatic carbocycles. The highest BCUT2D eigenvalue weighted by molar-refractivity contribution is 5.90. The highest BCUT2D eigenvalue weighted by Gasteiger charge is 2.20. The van der Waals surface area contributed by atoms with Crippen LogP contribution in [0.2, 0.25) is 0 Å². The van der Waals surface area contributed by atoms with Crippen molar-refractivity contribution in [2.24, 2.45) is 10.9 Å². The summed E-state index contributed by atoms with van der Waals surface area (Å²) in [5, 5.41) is 0. The maximum absolute atomic E-state index is 4.68. The molecular weight excluding hydrogens is 194 g/mol. The van der Waals surface area contributed by atoms with Gasteiger partial charge in [-0.05, 0) is 24.3 Å². The zero-order chi connectivity index (χ0) is 11.2. The van der Waals surface area contributed by atoms with Gasteiger partial charge in [0.25, 0.3) is 0 Å². The van der Waals surface area contributed by atoms with E-state index in [0.717, 1.165) is 18.9 Å². The summed E-state index contributed by atoms with van der Waals surface area (Å²) in [6.07, 6.45) is 6.33. The normalized spacial score (nSPS) is 19.8. The molecule has 0 fully saturated rings. The average Bonchev–Trinajstić information content (AvgIpc) is 2.75. The van der Waals surface area contributed by atoms with E-state index in [1.807, 2.05) is 0 Å². The fourth-order valence-corrected chi connectivity index (χ4v) is 2.43. The van der Waals surface area contributed by atoms with E-state index in [1.54, 1.807) is 0 Å². The first-order valence-electron chi connectivity index (χ1n) is 6.47. The molecule has 1 aliphatic rings. The van der Waals surface area contributed by atoms with Crippen LogP contribution in [0, 0.1) is 5.92 Å². The highest BCUT2D eigenvalue weighted by Crippen LogP contribution is 2.22. The van der Waals surface area contributed by atoms with Crippen LogP contribution >= 0.6 is 0 Å². The van der Waals surface area contributed by atoms with Crippen molar-refractivity contribution >= 4 is 5.71 Å². The van der Waals surface area contributed by atoms with Gasteiger partial charge in [-0.1, -0.05) is 50.1 Å². The van der Waals surface area contributed by atoms with E-state index in [1.165, 1.54) is 37.0 Å². The van der Waals surface area contributed by atoms with Crippen LogP contribution in [0.3, 0.4) is 0 Å². The number of hydrogen-bond acceptors (Lipinski definition) is 1. The van der Waals surface area contributed by atoms with Crippen molar-refractivity contribution in [3.8, 4) is 0 Å². The Morgan fingerprint density at radius 2 is 2.06 bits per heavy atom. The largest absolute Gasteiger partial charge is 0.293 e. The predicted molar refractivity (Wildman–Crippen MR) is 70.1 cm³/mol. The monoisotopic (exact) mass is 215 g/mol. The molecular formula is C15H21N. The fraction of sp³-hybridized carbons (Fsp3) is 0.533. The molecule has 0 aliphatic carbocycles. The third-order valence-electron chi connectivity index (χ3n) is 3.40. The molecule has 0 radical (unpaired) electrons. The quantitative estimate of drug-likeness (QED) is 0.707. The van der Waals surface area contributed by atoms with Crippen molar-refractivity contribution < 1.29 is 0 Å². The lowest BCUT2D eigenvalue weighted by Crippen LogP contribution is -2.12. The Kier molecular flexibility index (Phi) is 4.15. The minimum absolute atomic E-state index is 0.764. The van der Waals surface area contributed by atoms with E-state index >= 15 is 0 Å². The van der Waals surface area contributed by atoms with E-state index in [0.29, 0.717) is 0 Å². The Balaban J connectivity index is 1.93. The van der Waals surface area contributed by atoms with E-state index < -0.39 is 0 Å². The Labute approximate surface area is 98.6 Å². The van der Waals surface area contributed by atoms with E-state index in [9.17, 15) is 0 Å². The van der Waals surface area contributed by atoms with Crippen LogP contribution in [-0.4, -0.2) is 12.3 Å². The zero-order valence-corrected chi connectivity index (χ0v) is 10.2. The summed E-state index contributed by atoms with van der Waals surface area (Å²) in [6, 6.07) is 10.7. The van der Waals surface area contributed by atoms with Gasteiger partial charge in [0.15, 0.2) is 0 Å². The number of unbranched alkanes of at least 4 members (excludes halogenated alkanes) is 1. The van der Waals surface area contributed by atoms with Gasteiger partial charge in [0.2, 0.25) is 0 Å². The third kappa shape index (κ3) is 2.94. The van der Waals surface area contributed by atoms with Gasteiger partial charge in [0, 0.05) is 18.7 Å². The Hall–Kier alpha value is -1.11. The molecule has 0 N–H and O–H groups in total. The maximum atomic E-state index is 4.68. The van der Waals surface area contributed by atoms with Crippen LogP contribution in [0.4, 0.5) is 0 Å². The molecule has 0 amide bonds. The first-order chi connectivity index (χ1) is 7.90. The van der Waals surface area contributed by atoms with Crippen molar-refractivity contribution in [1.82, 2.24) is 0 Å². The second-order valence-corrected chi connectivity index (χ2v) is 4.66. The summed E-state index contributed by atoms with van der Waals surface area (Å²) < 4.78 is 0. The minimum atomic E-state index is 0.764. The van der Waals surface area contributed by atoms with E-state index in [2.05, 4.69) is 42.2 Å². The van der Waals surface area contributed by atoms with Gasteiger partial charge in [-0.3, -0.25) is 4.99 Å². The SMILES string of the molecule is CCCCC1CCN=C1Cc1ccccc1. The standard InChI is InChI=1S/C15H21N/c1-2-3-9-14-10-11-16-15(14)12-13-7-5-4-6-8-13/h4-8,14H,2-3,9-12H2,1H3. The van der Waals surface area contributed by atoms with Gasteiger partial charge in [-0.2, -0.15) is 0 Å². The second-order valence-electron chi connectivity index (χ2n) is 4.66. The fourth-order valence-electron chi connectivity index (χ4n) is 2.43. The molecule has 1 heteroatoms. The van der Waals surface area contributed by atoms with E-state index in [-0.39, 0.29) is 0 Å². The molecule has 0 aromatic heterocycles. The van der Waals surface area contributed by atoms with Gasteiger partial charge < -0.3 is 0 Å². The molecule has 1 aliphatic heterocycles. The number of hydrogen-bond donors (Lipinski definition) is 0. The van der Waals surface area contributed by atoms with Crippen LogP contribution in [0.5, 0.6) is 0 Å². The van der Waals surface area contributed by atoms with Gasteiger partial charge in [-0.25, -0.2) is 0 Å². The van der Waals surface area contributed by atoms with Crippen molar-refractivity contribution in [3.63, 3.8) is 0 Å². The van der Waals surface area contributed by atoms with Crippen LogP contribution in [0.1, 0.15) is 38.2 Å². The molecule has 2 rings (SSSR count). The Morgan fingerprint density at radius 3 is 2.81 bits per heavy atom. The molecule has 1 heterocycles. The van der Waals surface area contributed by atoms with E-state index in [4.69, 9.17) is 0 Å². The first-order valence-corrected chi connectivity index (χ1v) is 6.47. The Bertz CT molecular complexity index is 340. The zero-order valence-electron chi connectivity index (χ0n) is 10.2. The van der Waals surface area contributed by atoms with Gasteiger partial charge in [0.05, 0.1) is 0 Å². The summed E-state index contributed by atoms with van der Waals surface area (Å²) in [5.74, 6) is 0.764. The molecule has 1 aromatic rings. The van der Waals surface area contributed by atoms with Crippen LogP contribution in [0.25, 0.3) is 0 Å². The molecule has 0 saturated heterocycles. The van der Waals surface area contributed by atoms with Crippen molar-refractivity contribution in [2.45, 2.75) is 39.0 Å². The minimum Gasteiger partial charge on any atom is -0.293 e. The molecule has 86 valence electrons. The summed E-state index contributed by atoms with van der Waals surface area (Å²) in [4.78, 5) is 4.68. The second kappa shape index (κ2) is 5.83. The van der Waals surface area contributed by atoms with Crippen molar-refractivity contribution in [2.75, 3.05) is 6.54 Å². The molecule has 1 unspecified atom stereocenters. The lowest BCUT2D eigenvalue weighted by molar-refractivity contribution is 0.574. The molecule has 1 atom stereocenters. The van der Waals surface area contributed by atoms with Gasteiger partial charge >= 0.3 is 0 Å². The molecule has 1 nitrogen and oxygen atoms in total. The summed E-state index contributed by atoms with van der Waals surface area (Å²) in [7, 11) is 0. The van der Waals surface area contributed by atoms with Gasteiger partial charge in [-0.15, -0.1) is 0 Å². The first kappa shape index (κ1) is 11.4. The highest BCUT2D eigenvalue weighted by atomic mass is 14.8. The summed E-state index contributed by atoms with van der Waals surface area (Å²) >= 11 is 0. The number of benzene rings is 1. The lowest BCUT2D eigenvalue weighted by atomic mass is 9.92. The topological polar surface area (TPSA) is 12.4 Å². The molecule has 0 spiro atoms. The summed E-state index contributed by atoms with van der Waals surface area (Å²) in [6.45, 7) is 3.32. The lowest BCUT2D eigenvalue weighted by Gasteiger charge is -2.12. The third-order valence-corrected chi connectivity index (χ3v) is 3.40. The van der Waals surface area contributed by atoms with Crippen LogP contribution in [-0.2, 0) is 6.42 Å².